The van der Waals surface area contributed by atoms with Crippen LogP contribution in [0.4, 0.5) is 0 Å². The molecule has 0 N–H and O–H groups in total. The van der Waals surface area contributed by atoms with E-state index < -0.39 is 24.5 Å². The van der Waals surface area contributed by atoms with Crippen LogP contribution in [-0.4, -0.2) is 34.4 Å². The molecule has 1 aliphatic heterocycles. The van der Waals surface area contributed by atoms with E-state index in [4.69, 9.17) is 25.3 Å². The van der Waals surface area contributed by atoms with Gasteiger partial charge in [0, 0.05) is 17.5 Å². The van der Waals surface area contributed by atoms with Gasteiger partial charge in [-0.05, 0) is 36.8 Å². The Kier molecular flexibility index (Phi) is 5.18. The van der Waals surface area contributed by atoms with Crippen molar-refractivity contribution in [2.75, 3.05) is 6.61 Å². The maximum atomic E-state index is 12.8. The molecule has 1 aromatic carbocycles. The molecule has 2 aromatic heterocycles. The van der Waals surface area contributed by atoms with Crippen LogP contribution in [0, 0.1) is 6.92 Å². The van der Waals surface area contributed by atoms with Gasteiger partial charge < -0.3 is 13.7 Å². The van der Waals surface area contributed by atoms with Crippen LogP contribution in [-0.2, 0) is 9.53 Å². The summed E-state index contributed by atoms with van der Waals surface area (Å²) in [5.41, 5.74) is 2.09. The zero-order chi connectivity index (χ0) is 20.4. The number of aryl methyl sites for hydroxylation is 1. The fourth-order valence-electron chi connectivity index (χ4n) is 2.98. The number of carbonyl (C=O) groups is 2. The molecule has 0 aliphatic carbocycles. The van der Waals surface area contributed by atoms with Crippen LogP contribution in [0.25, 0.3) is 0 Å². The summed E-state index contributed by atoms with van der Waals surface area (Å²) < 4.78 is 15.4. The smallest absolute Gasteiger partial charge is 0.377 e. The molecule has 29 heavy (non-hydrogen) atoms. The van der Waals surface area contributed by atoms with Crippen molar-refractivity contribution in [3.8, 4) is 0 Å². The molecule has 3 heterocycles. The molecule has 0 saturated carbocycles. The van der Waals surface area contributed by atoms with E-state index in [9.17, 15) is 9.59 Å². The van der Waals surface area contributed by atoms with Crippen LogP contribution in [0.15, 0.2) is 62.8 Å². The Labute approximate surface area is 170 Å². The van der Waals surface area contributed by atoms with Crippen molar-refractivity contribution in [3.63, 3.8) is 0 Å². The first-order valence-corrected chi connectivity index (χ1v) is 9.18. The van der Waals surface area contributed by atoms with Gasteiger partial charge in [0.15, 0.2) is 6.61 Å². The summed E-state index contributed by atoms with van der Waals surface area (Å²) >= 11 is 5.95. The quantitative estimate of drug-likeness (QED) is 0.590. The minimum atomic E-state index is -0.769. The SMILES string of the molecule is Cc1cc(C(=O)OCC(=O)N2N=C(c3ccc(Cl)cc3)C[C@@H]2c2ccco2)on1. The molecule has 1 amide bonds. The summed E-state index contributed by atoms with van der Waals surface area (Å²) in [6.45, 7) is 1.18. The fraction of sp³-hybridized carbons (Fsp3) is 0.200. The number of hydrogen-bond donors (Lipinski definition) is 0. The van der Waals surface area contributed by atoms with Crippen molar-refractivity contribution in [2.45, 2.75) is 19.4 Å². The summed E-state index contributed by atoms with van der Waals surface area (Å²) in [5, 5.41) is 9.96. The highest BCUT2D eigenvalue weighted by Gasteiger charge is 2.35. The lowest BCUT2D eigenvalue weighted by Crippen LogP contribution is -2.31. The van der Waals surface area contributed by atoms with Crippen molar-refractivity contribution in [1.29, 1.82) is 0 Å². The Morgan fingerprint density at radius 1 is 1.28 bits per heavy atom. The number of carbonyl (C=O) groups excluding carboxylic acids is 2. The van der Waals surface area contributed by atoms with Crippen molar-refractivity contribution < 1.29 is 23.3 Å². The third kappa shape index (κ3) is 4.07. The van der Waals surface area contributed by atoms with Gasteiger partial charge in [-0.1, -0.05) is 28.9 Å². The second kappa shape index (κ2) is 7.92. The minimum Gasteiger partial charge on any atom is -0.467 e. The Bertz CT molecular complexity index is 1060. The summed E-state index contributed by atoms with van der Waals surface area (Å²) in [6, 6.07) is 11.7. The summed E-state index contributed by atoms with van der Waals surface area (Å²) in [5.74, 6) is -0.734. The molecule has 0 unspecified atom stereocenters. The highest BCUT2D eigenvalue weighted by molar-refractivity contribution is 6.30. The number of amides is 1. The van der Waals surface area contributed by atoms with Gasteiger partial charge in [0.05, 0.1) is 17.7 Å². The molecule has 0 spiro atoms. The molecular weight excluding hydrogens is 398 g/mol. The van der Waals surface area contributed by atoms with E-state index in [1.165, 1.54) is 17.3 Å². The third-order valence-corrected chi connectivity index (χ3v) is 4.62. The normalized spacial score (nSPS) is 16.0. The van der Waals surface area contributed by atoms with E-state index in [0.29, 0.717) is 28.6 Å². The lowest BCUT2D eigenvalue weighted by Gasteiger charge is -2.19. The largest absolute Gasteiger partial charge is 0.467 e. The average molecular weight is 414 g/mol. The van der Waals surface area contributed by atoms with Gasteiger partial charge >= 0.3 is 5.97 Å². The molecule has 1 atom stereocenters. The monoisotopic (exact) mass is 413 g/mol. The van der Waals surface area contributed by atoms with Gasteiger partial charge in [0.2, 0.25) is 5.76 Å². The molecule has 1 aliphatic rings. The van der Waals surface area contributed by atoms with Gasteiger partial charge in [0.25, 0.3) is 5.91 Å². The number of ether oxygens (including phenoxy) is 1. The van der Waals surface area contributed by atoms with Crippen molar-refractivity contribution in [2.24, 2.45) is 5.10 Å². The van der Waals surface area contributed by atoms with Gasteiger partial charge in [-0.3, -0.25) is 4.79 Å². The average Bonchev–Trinajstić information content (AvgIpc) is 3.46. The van der Waals surface area contributed by atoms with Gasteiger partial charge in [0.1, 0.15) is 11.8 Å². The Morgan fingerprint density at radius 3 is 2.72 bits per heavy atom. The molecule has 0 bridgehead atoms. The predicted octanol–water partition coefficient (Wildman–Crippen LogP) is 3.76. The predicted molar refractivity (Wildman–Crippen MR) is 102 cm³/mol. The first kappa shape index (κ1) is 18.9. The van der Waals surface area contributed by atoms with Gasteiger partial charge in [-0.2, -0.15) is 5.10 Å². The first-order valence-electron chi connectivity index (χ1n) is 8.80. The highest BCUT2D eigenvalue weighted by Crippen LogP contribution is 2.33. The number of nitrogens with zero attached hydrogens (tertiary/aromatic N) is 3. The van der Waals surface area contributed by atoms with Crippen LogP contribution >= 0.6 is 11.6 Å². The zero-order valence-electron chi connectivity index (χ0n) is 15.4. The molecule has 8 nitrogen and oxygen atoms in total. The van der Waals surface area contributed by atoms with Crippen molar-refractivity contribution in [3.05, 3.63) is 76.5 Å². The van der Waals surface area contributed by atoms with E-state index in [1.807, 2.05) is 12.1 Å². The number of halogens is 1. The second-order valence-corrected chi connectivity index (χ2v) is 6.87. The van der Waals surface area contributed by atoms with Crippen LogP contribution in [0.3, 0.4) is 0 Å². The Hall–Kier alpha value is -3.39. The number of hydrogen-bond acceptors (Lipinski definition) is 7. The lowest BCUT2D eigenvalue weighted by atomic mass is 10.0. The van der Waals surface area contributed by atoms with Gasteiger partial charge in [-0.25, -0.2) is 9.80 Å². The topological polar surface area (TPSA) is 98.1 Å². The molecule has 0 fully saturated rings. The third-order valence-electron chi connectivity index (χ3n) is 4.37. The van der Waals surface area contributed by atoms with Crippen LogP contribution < -0.4 is 0 Å². The standard InChI is InChI=1S/C20H16ClN3O5/c1-12-9-18(29-23-12)20(26)28-11-19(25)24-16(17-3-2-8-27-17)10-15(22-24)13-4-6-14(21)7-5-13/h2-9,16H,10-11H2,1H3/t16-/m1/s1. The van der Waals surface area contributed by atoms with Crippen molar-refractivity contribution >= 4 is 29.2 Å². The van der Waals surface area contributed by atoms with E-state index in [0.717, 1.165) is 5.56 Å². The van der Waals surface area contributed by atoms with Gasteiger partial charge in [-0.15, -0.1) is 0 Å². The molecule has 3 aromatic rings. The number of benzene rings is 1. The minimum absolute atomic E-state index is 0.0651. The van der Waals surface area contributed by atoms with Crippen molar-refractivity contribution in [1.82, 2.24) is 10.2 Å². The number of aromatic nitrogens is 1. The molecule has 0 radical (unpaired) electrons. The maximum absolute atomic E-state index is 12.8. The number of hydrazone groups is 1. The number of esters is 1. The molecule has 4 rings (SSSR count). The Morgan fingerprint density at radius 2 is 2.07 bits per heavy atom. The second-order valence-electron chi connectivity index (χ2n) is 6.44. The maximum Gasteiger partial charge on any atom is 0.377 e. The lowest BCUT2D eigenvalue weighted by molar-refractivity contribution is -0.136. The fourth-order valence-corrected chi connectivity index (χ4v) is 3.11. The molecule has 0 saturated heterocycles. The van der Waals surface area contributed by atoms with E-state index in [-0.39, 0.29) is 5.76 Å². The van der Waals surface area contributed by atoms with E-state index in [1.54, 1.807) is 31.2 Å². The van der Waals surface area contributed by atoms with E-state index >= 15 is 0 Å². The van der Waals surface area contributed by atoms with E-state index in [2.05, 4.69) is 10.3 Å². The highest BCUT2D eigenvalue weighted by atomic mass is 35.5. The summed E-state index contributed by atoms with van der Waals surface area (Å²) in [6.07, 6.45) is 1.99. The first-order chi connectivity index (χ1) is 14.0. The van der Waals surface area contributed by atoms with Crippen LogP contribution in [0.2, 0.25) is 5.02 Å². The summed E-state index contributed by atoms with van der Waals surface area (Å²) in [4.78, 5) is 24.8. The number of rotatable bonds is 5. The molecule has 9 heteroatoms. The zero-order valence-corrected chi connectivity index (χ0v) is 16.1. The Balaban J connectivity index is 1.52. The molecular formula is C20H16ClN3O5. The number of furan rings is 1. The van der Waals surface area contributed by atoms with Crippen LogP contribution in [0.1, 0.15) is 40.0 Å². The molecule has 148 valence electrons. The van der Waals surface area contributed by atoms with Crippen LogP contribution in [0.5, 0.6) is 0 Å². The summed E-state index contributed by atoms with van der Waals surface area (Å²) in [7, 11) is 0.